The van der Waals surface area contributed by atoms with E-state index in [9.17, 15) is 14.4 Å². The highest BCUT2D eigenvalue weighted by Crippen LogP contribution is 2.23. The average molecular weight is 449 g/mol. The topological polar surface area (TPSA) is 75.7 Å². The predicted octanol–water partition coefficient (Wildman–Crippen LogP) is 4.40. The van der Waals surface area contributed by atoms with Gasteiger partial charge in [0, 0.05) is 17.1 Å². The van der Waals surface area contributed by atoms with Crippen LogP contribution in [-0.4, -0.2) is 48.6 Å². The summed E-state index contributed by atoms with van der Waals surface area (Å²) >= 11 is 7.54. The minimum atomic E-state index is -0.676. The first-order valence-corrected chi connectivity index (χ1v) is 11.1. The average Bonchev–Trinajstić information content (AvgIpc) is 2.73. The Balaban J connectivity index is 1.97. The lowest BCUT2D eigenvalue weighted by atomic mass is 10.2. The number of halogens is 1. The summed E-state index contributed by atoms with van der Waals surface area (Å²) in [5.74, 6) is -1.43. The highest BCUT2D eigenvalue weighted by atomic mass is 35.5. The molecule has 0 fully saturated rings. The highest BCUT2D eigenvalue weighted by molar-refractivity contribution is 7.98. The first kappa shape index (κ1) is 23.8. The Morgan fingerprint density at radius 1 is 1.17 bits per heavy atom. The van der Waals surface area contributed by atoms with Gasteiger partial charge in [-0.15, -0.1) is 11.8 Å². The standard InChI is InChI=1S/C22H25ClN2O4S/c1-4-11-25(13-20(26)24-19-8-6-5-7-15(19)2)21(27)14-29-22(28)17-12-16(30-3)9-10-18(17)23/h5-10,12H,4,11,13-14H2,1-3H3,(H,24,26). The fourth-order valence-electron chi connectivity index (χ4n) is 2.72. The molecule has 0 aliphatic carbocycles. The van der Waals surface area contributed by atoms with Crippen LogP contribution in [-0.2, 0) is 14.3 Å². The number of nitrogens with zero attached hydrogens (tertiary/aromatic N) is 1. The van der Waals surface area contributed by atoms with Crippen LogP contribution < -0.4 is 5.32 Å². The van der Waals surface area contributed by atoms with Crippen LogP contribution in [0.25, 0.3) is 0 Å². The van der Waals surface area contributed by atoms with E-state index in [2.05, 4.69) is 5.32 Å². The van der Waals surface area contributed by atoms with Crippen molar-refractivity contribution in [1.29, 1.82) is 0 Å². The SMILES string of the molecule is CCCN(CC(=O)Nc1ccccc1C)C(=O)COC(=O)c1cc(SC)ccc1Cl. The van der Waals surface area contributed by atoms with Gasteiger partial charge in [-0.05, 0) is 49.4 Å². The van der Waals surface area contributed by atoms with Crippen LogP contribution in [0.4, 0.5) is 5.69 Å². The molecule has 6 nitrogen and oxygen atoms in total. The molecule has 30 heavy (non-hydrogen) atoms. The fourth-order valence-corrected chi connectivity index (χ4v) is 3.36. The van der Waals surface area contributed by atoms with Crippen molar-refractivity contribution in [3.05, 3.63) is 58.6 Å². The number of carbonyl (C=O) groups is 3. The molecular formula is C22H25ClN2O4S. The quantitative estimate of drug-likeness (QED) is 0.454. The zero-order chi connectivity index (χ0) is 22.1. The molecule has 0 saturated carbocycles. The summed E-state index contributed by atoms with van der Waals surface area (Å²) in [5.41, 5.74) is 1.83. The molecule has 2 aromatic rings. The third kappa shape index (κ3) is 6.78. The Morgan fingerprint density at radius 3 is 2.57 bits per heavy atom. The number of benzene rings is 2. The number of hydrogen-bond donors (Lipinski definition) is 1. The van der Waals surface area contributed by atoms with E-state index in [0.29, 0.717) is 18.7 Å². The van der Waals surface area contributed by atoms with Gasteiger partial charge in [-0.2, -0.15) is 0 Å². The number of ether oxygens (including phenoxy) is 1. The van der Waals surface area contributed by atoms with Crippen LogP contribution >= 0.6 is 23.4 Å². The Labute approximate surface area is 185 Å². The molecule has 0 saturated heterocycles. The van der Waals surface area contributed by atoms with E-state index in [1.807, 2.05) is 38.3 Å². The van der Waals surface area contributed by atoms with E-state index in [1.54, 1.807) is 24.3 Å². The Morgan fingerprint density at radius 2 is 1.90 bits per heavy atom. The van der Waals surface area contributed by atoms with E-state index < -0.39 is 18.5 Å². The molecule has 2 aromatic carbocycles. The second-order valence-corrected chi connectivity index (χ2v) is 7.89. The lowest BCUT2D eigenvalue weighted by Gasteiger charge is -2.21. The summed E-state index contributed by atoms with van der Waals surface area (Å²) in [5, 5.41) is 3.06. The number of rotatable bonds is 9. The van der Waals surface area contributed by atoms with Crippen molar-refractivity contribution in [2.24, 2.45) is 0 Å². The molecule has 0 atom stereocenters. The van der Waals surface area contributed by atoms with Gasteiger partial charge in [0.15, 0.2) is 6.61 Å². The summed E-state index contributed by atoms with van der Waals surface area (Å²) in [4.78, 5) is 39.5. The largest absolute Gasteiger partial charge is 0.452 e. The van der Waals surface area contributed by atoms with Gasteiger partial charge < -0.3 is 15.0 Å². The summed E-state index contributed by atoms with van der Waals surface area (Å²) in [7, 11) is 0. The molecule has 2 rings (SSSR count). The first-order valence-electron chi connectivity index (χ1n) is 9.49. The van der Waals surface area contributed by atoms with E-state index >= 15 is 0 Å². The Kier molecular flexibility index (Phi) is 9.20. The molecule has 0 aliphatic heterocycles. The number of aryl methyl sites for hydroxylation is 1. The molecule has 8 heteroatoms. The molecular weight excluding hydrogens is 424 g/mol. The maximum atomic E-state index is 12.6. The minimum absolute atomic E-state index is 0.124. The minimum Gasteiger partial charge on any atom is -0.452 e. The van der Waals surface area contributed by atoms with Crippen molar-refractivity contribution in [3.63, 3.8) is 0 Å². The molecule has 2 amide bonds. The predicted molar refractivity (Wildman–Crippen MR) is 120 cm³/mol. The fraction of sp³-hybridized carbons (Fsp3) is 0.318. The summed E-state index contributed by atoms with van der Waals surface area (Å²) in [6.45, 7) is 3.58. The van der Waals surface area contributed by atoms with Gasteiger partial charge in [-0.25, -0.2) is 4.79 Å². The van der Waals surface area contributed by atoms with Crippen LogP contribution in [0.5, 0.6) is 0 Å². The molecule has 0 bridgehead atoms. The molecule has 0 radical (unpaired) electrons. The van der Waals surface area contributed by atoms with Gasteiger partial charge in [0.2, 0.25) is 5.91 Å². The summed E-state index contributed by atoms with van der Waals surface area (Å²) < 4.78 is 5.16. The van der Waals surface area contributed by atoms with Gasteiger partial charge in [0.05, 0.1) is 17.1 Å². The van der Waals surface area contributed by atoms with Crippen LogP contribution in [0.2, 0.25) is 5.02 Å². The number of anilines is 1. The molecule has 0 aromatic heterocycles. The van der Waals surface area contributed by atoms with Crippen molar-refractivity contribution in [1.82, 2.24) is 4.90 Å². The number of para-hydroxylation sites is 1. The van der Waals surface area contributed by atoms with Gasteiger partial charge >= 0.3 is 5.97 Å². The van der Waals surface area contributed by atoms with Crippen LogP contribution in [0, 0.1) is 6.92 Å². The maximum Gasteiger partial charge on any atom is 0.340 e. The second-order valence-electron chi connectivity index (χ2n) is 6.60. The van der Waals surface area contributed by atoms with E-state index in [1.165, 1.54) is 16.7 Å². The number of nitrogens with one attached hydrogen (secondary N) is 1. The molecule has 160 valence electrons. The first-order chi connectivity index (χ1) is 14.3. The molecule has 1 N–H and O–H groups in total. The van der Waals surface area contributed by atoms with Crippen molar-refractivity contribution in [2.45, 2.75) is 25.2 Å². The number of carbonyl (C=O) groups excluding carboxylic acids is 3. The van der Waals surface area contributed by atoms with E-state index in [-0.39, 0.29) is 23.0 Å². The normalized spacial score (nSPS) is 10.4. The molecule has 0 spiro atoms. The Bertz CT molecular complexity index is 920. The number of thioether (sulfide) groups is 1. The van der Waals surface area contributed by atoms with E-state index in [4.69, 9.17) is 16.3 Å². The van der Waals surface area contributed by atoms with Crippen LogP contribution in [0.1, 0.15) is 29.3 Å². The summed E-state index contributed by atoms with van der Waals surface area (Å²) in [6, 6.07) is 12.4. The number of esters is 1. The monoisotopic (exact) mass is 448 g/mol. The third-order valence-electron chi connectivity index (χ3n) is 4.32. The third-order valence-corrected chi connectivity index (χ3v) is 5.37. The molecule has 0 aliphatic rings. The molecule has 0 heterocycles. The zero-order valence-corrected chi connectivity index (χ0v) is 18.8. The lowest BCUT2D eigenvalue weighted by molar-refractivity contribution is -0.137. The number of amides is 2. The smallest absolute Gasteiger partial charge is 0.340 e. The number of hydrogen-bond acceptors (Lipinski definition) is 5. The second kappa shape index (κ2) is 11.6. The van der Waals surface area contributed by atoms with Crippen molar-refractivity contribution in [2.75, 3.05) is 31.3 Å². The van der Waals surface area contributed by atoms with Gasteiger partial charge in [-0.3, -0.25) is 9.59 Å². The van der Waals surface area contributed by atoms with Crippen LogP contribution in [0.15, 0.2) is 47.4 Å². The summed E-state index contributed by atoms with van der Waals surface area (Å²) in [6.07, 6.45) is 2.55. The maximum absolute atomic E-state index is 12.6. The van der Waals surface area contributed by atoms with Crippen molar-refractivity contribution < 1.29 is 19.1 Å². The van der Waals surface area contributed by atoms with Gasteiger partial charge in [-0.1, -0.05) is 36.7 Å². The van der Waals surface area contributed by atoms with Gasteiger partial charge in [0.25, 0.3) is 5.91 Å². The van der Waals surface area contributed by atoms with Crippen LogP contribution in [0.3, 0.4) is 0 Å². The van der Waals surface area contributed by atoms with Gasteiger partial charge in [0.1, 0.15) is 0 Å². The Hall–Kier alpha value is -2.51. The highest BCUT2D eigenvalue weighted by Gasteiger charge is 2.20. The van der Waals surface area contributed by atoms with E-state index in [0.717, 1.165) is 10.5 Å². The molecule has 0 unspecified atom stereocenters. The zero-order valence-electron chi connectivity index (χ0n) is 17.2. The van der Waals surface area contributed by atoms with Crippen molar-refractivity contribution in [3.8, 4) is 0 Å². The lowest BCUT2D eigenvalue weighted by Crippen LogP contribution is -2.40. The van der Waals surface area contributed by atoms with Crippen molar-refractivity contribution >= 4 is 46.8 Å².